The van der Waals surface area contributed by atoms with E-state index in [4.69, 9.17) is 0 Å². The molecule has 0 amide bonds. The van der Waals surface area contributed by atoms with Gasteiger partial charge in [0.05, 0.1) is 0 Å². The van der Waals surface area contributed by atoms with Crippen LogP contribution in [0.5, 0.6) is 0 Å². The molecule has 1 rings (SSSR count). The second-order valence-corrected chi connectivity index (χ2v) is 4.41. The highest BCUT2D eigenvalue weighted by atomic mass is 14.7. The number of aryl methyl sites for hydroxylation is 2. The maximum atomic E-state index is 4.13. The summed E-state index contributed by atoms with van der Waals surface area (Å²) in [6.45, 7) is 14.1. The molecular formula is C17H21N. The van der Waals surface area contributed by atoms with Crippen molar-refractivity contribution in [3.05, 3.63) is 71.5 Å². The van der Waals surface area contributed by atoms with Gasteiger partial charge in [0.1, 0.15) is 0 Å². The summed E-state index contributed by atoms with van der Waals surface area (Å²) in [5, 5.41) is 0. The van der Waals surface area contributed by atoms with Crippen LogP contribution >= 0.6 is 0 Å². The Bertz CT molecular complexity index is 504. The average molecular weight is 239 g/mol. The zero-order chi connectivity index (χ0) is 13.5. The van der Waals surface area contributed by atoms with Gasteiger partial charge in [0.25, 0.3) is 0 Å². The molecule has 18 heavy (non-hydrogen) atoms. The van der Waals surface area contributed by atoms with E-state index in [1.54, 1.807) is 18.5 Å². The van der Waals surface area contributed by atoms with E-state index in [1.165, 1.54) is 16.7 Å². The molecule has 0 bridgehead atoms. The predicted octanol–water partition coefficient (Wildman–Crippen LogP) is 4.56. The van der Waals surface area contributed by atoms with E-state index in [2.05, 4.69) is 50.2 Å². The first-order chi connectivity index (χ1) is 8.58. The summed E-state index contributed by atoms with van der Waals surface area (Å²) in [4.78, 5) is 4.13. The minimum atomic E-state index is 0.838. The lowest BCUT2D eigenvalue weighted by Gasteiger charge is -2.10. The number of hydrogen-bond donors (Lipinski definition) is 0. The quantitative estimate of drug-likeness (QED) is 0.527. The van der Waals surface area contributed by atoms with Gasteiger partial charge in [0, 0.05) is 12.4 Å². The molecule has 0 spiro atoms. The third-order valence-electron chi connectivity index (χ3n) is 2.90. The molecule has 0 unspecified atom stereocenters. The fraction of sp³-hybridized carbons (Fsp3) is 0.235. The van der Waals surface area contributed by atoms with E-state index in [9.17, 15) is 0 Å². The molecule has 1 aromatic carbocycles. The first kappa shape index (κ1) is 14.2. The van der Waals surface area contributed by atoms with E-state index in [0.717, 1.165) is 17.6 Å². The maximum absolute atomic E-state index is 4.13. The van der Waals surface area contributed by atoms with E-state index >= 15 is 0 Å². The minimum absolute atomic E-state index is 0.838. The largest absolute Gasteiger partial charge is 0.269 e. The molecule has 0 atom stereocenters. The summed E-state index contributed by atoms with van der Waals surface area (Å²) in [7, 11) is 0. The van der Waals surface area contributed by atoms with Crippen molar-refractivity contribution in [3.8, 4) is 0 Å². The van der Waals surface area contributed by atoms with Crippen LogP contribution in [0.15, 0.2) is 59.8 Å². The summed E-state index contributed by atoms with van der Waals surface area (Å²) >= 11 is 0. The van der Waals surface area contributed by atoms with E-state index < -0.39 is 0 Å². The third kappa shape index (κ3) is 3.85. The summed E-state index contributed by atoms with van der Waals surface area (Å²) in [5.74, 6) is 0. The molecule has 1 aromatic rings. The molecular weight excluding hydrogens is 218 g/mol. The topological polar surface area (TPSA) is 12.4 Å². The molecule has 0 aliphatic rings. The summed E-state index contributed by atoms with van der Waals surface area (Å²) in [6.07, 6.45) is 6.21. The fourth-order valence-electron chi connectivity index (χ4n) is 1.77. The Morgan fingerprint density at radius 3 is 2.67 bits per heavy atom. The number of rotatable bonds is 5. The maximum Gasteiger partial charge on any atom is 0.0338 e. The number of aliphatic imine (C=N–C) groups is 1. The van der Waals surface area contributed by atoms with Gasteiger partial charge in [-0.15, -0.1) is 0 Å². The number of hydrogen-bond acceptors (Lipinski definition) is 1. The van der Waals surface area contributed by atoms with Gasteiger partial charge in [0.2, 0.25) is 0 Å². The normalized spacial score (nSPS) is 11.8. The van der Waals surface area contributed by atoms with Crippen LogP contribution in [0.4, 0.5) is 0 Å². The molecule has 1 nitrogen and oxygen atoms in total. The standard InChI is InChI=1S/C17H21N/c1-6-16(12-18-7-2)15(5)11-17-10-13(3)8-9-14(17)4/h6-10,12H,1,5,11H2,2-4H3/b16-12+,18-7?. The highest BCUT2D eigenvalue weighted by Crippen LogP contribution is 2.19. The average Bonchev–Trinajstić information content (AvgIpc) is 2.35. The lowest BCUT2D eigenvalue weighted by Crippen LogP contribution is -1.95. The Kier molecular flexibility index (Phi) is 5.31. The predicted molar refractivity (Wildman–Crippen MR) is 81.2 cm³/mol. The third-order valence-corrected chi connectivity index (χ3v) is 2.90. The molecule has 94 valence electrons. The van der Waals surface area contributed by atoms with Crippen LogP contribution in [-0.4, -0.2) is 6.21 Å². The summed E-state index contributed by atoms with van der Waals surface area (Å²) in [6, 6.07) is 6.50. The van der Waals surface area contributed by atoms with Crippen molar-refractivity contribution < 1.29 is 0 Å². The van der Waals surface area contributed by atoms with Crippen LogP contribution < -0.4 is 0 Å². The summed E-state index contributed by atoms with van der Waals surface area (Å²) < 4.78 is 0. The van der Waals surface area contributed by atoms with Gasteiger partial charge in [-0.1, -0.05) is 43.0 Å². The van der Waals surface area contributed by atoms with Gasteiger partial charge < -0.3 is 0 Å². The van der Waals surface area contributed by atoms with Gasteiger partial charge in [-0.3, -0.25) is 4.99 Å². The number of benzene rings is 1. The van der Waals surface area contributed by atoms with Gasteiger partial charge >= 0.3 is 0 Å². The molecule has 0 N–H and O–H groups in total. The Morgan fingerprint density at radius 1 is 1.33 bits per heavy atom. The summed E-state index contributed by atoms with van der Waals surface area (Å²) in [5.41, 5.74) is 5.93. The molecule has 0 fully saturated rings. The van der Waals surface area contributed by atoms with Crippen molar-refractivity contribution in [1.82, 2.24) is 0 Å². The zero-order valence-electron chi connectivity index (χ0n) is 11.5. The monoisotopic (exact) mass is 239 g/mol. The van der Waals surface area contributed by atoms with Crippen LogP contribution in [0.25, 0.3) is 0 Å². The molecule has 0 aromatic heterocycles. The first-order valence-corrected chi connectivity index (χ1v) is 6.13. The van der Waals surface area contributed by atoms with Gasteiger partial charge in [-0.05, 0) is 49.5 Å². The Balaban J connectivity index is 2.93. The van der Waals surface area contributed by atoms with Crippen molar-refractivity contribution in [1.29, 1.82) is 0 Å². The van der Waals surface area contributed by atoms with Crippen LogP contribution in [0.1, 0.15) is 23.6 Å². The van der Waals surface area contributed by atoms with E-state index in [0.29, 0.717) is 0 Å². The molecule has 0 saturated heterocycles. The fourth-order valence-corrected chi connectivity index (χ4v) is 1.77. The number of nitrogens with zero attached hydrogens (tertiary/aromatic N) is 1. The van der Waals surface area contributed by atoms with Crippen molar-refractivity contribution in [2.75, 3.05) is 0 Å². The van der Waals surface area contributed by atoms with E-state index in [-0.39, 0.29) is 0 Å². The Hall–Kier alpha value is -1.89. The lowest BCUT2D eigenvalue weighted by atomic mass is 9.96. The minimum Gasteiger partial charge on any atom is -0.269 e. The van der Waals surface area contributed by atoms with Gasteiger partial charge in [-0.2, -0.15) is 0 Å². The van der Waals surface area contributed by atoms with Crippen molar-refractivity contribution in [2.45, 2.75) is 27.2 Å². The smallest absolute Gasteiger partial charge is 0.0338 e. The van der Waals surface area contributed by atoms with Crippen molar-refractivity contribution in [3.63, 3.8) is 0 Å². The number of allylic oxidation sites excluding steroid dienone is 3. The molecule has 0 aliphatic carbocycles. The second kappa shape index (κ2) is 6.75. The lowest BCUT2D eigenvalue weighted by molar-refractivity contribution is 1.13. The van der Waals surface area contributed by atoms with E-state index in [1.807, 2.05) is 6.92 Å². The first-order valence-electron chi connectivity index (χ1n) is 6.13. The highest BCUT2D eigenvalue weighted by Gasteiger charge is 2.04. The highest BCUT2D eigenvalue weighted by molar-refractivity contribution is 5.55. The zero-order valence-corrected chi connectivity index (χ0v) is 11.5. The molecule has 0 heterocycles. The van der Waals surface area contributed by atoms with Crippen molar-refractivity contribution >= 4 is 6.21 Å². The Morgan fingerprint density at radius 2 is 2.06 bits per heavy atom. The molecule has 1 heteroatoms. The SMILES string of the molecule is C=C/C(=C\N=CC)C(=C)Cc1cc(C)ccc1C. The van der Waals surface area contributed by atoms with Crippen LogP contribution in [-0.2, 0) is 6.42 Å². The van der Waals surface area contributed by atoms with Crippen molar-refractivity contribution in [2.24, 2.45) is 4.99 Å². The van der Waals surface area contributed by atoms with Crippen LogP contribution in [0.3, 0.4) is 0 Å². The van der Waals surface area contributed by atoms with Gasteiger partial charge in [0.15, 0.2) is 0 Å². The van der Waals surface area contributed by atoms with Gasteiger partial charge in [-0.25, -0.2) is 0 Å². The molecule has 0 saturated carbocycles. The molecule has 0 radical (unpaired) electrons. The Labute approximate surface area is 110 Å². The van der Waals surface area contributed by atoms with Crippen LogP contribution in [0, 0.1) is 13.8 Å². The molecule has 0 aliphatic heterocycles. The second-order valence-electron chi connectivity index (χ2n) is 4.41. The van der Waals surface area contributed by atoms with Crippen LogP contribution in [0.2, 0.25) is 0 Å².